The van der Waals surface area contributed by atoms with Crippen LogP contribution in [0.3, 0.4) is 0 Å². The maximum atomic E-state index is 11.2. The molecule has 2 heteroatoms. The smallest absolute Gasteiger partial charge is 0.309 e. The van der Waals surface area contributed by atoms with E-state index in [-0.39, 0.29) is 18.0 Å². The first-order valence-electron chi connectivity index (χ1n) is 4.94. The fourth-order valence-electron chi connectivity index (χ4n) is 1.72. The normalized spacial score (nSPS) is 29.0. The lowest BCUT2D eigenvalue weighted by atomic mass is 9.98. The minimum absolute atomic E-state index is 0.0265. The quantitative estimate of drug-likeness (QED) is 0.478. The summed E-state index contributed by atoms with van der Waals surface area (Å²) < 4.78 is 5.07. The first-order chi connectivity index (χ1) is 5.74. The third kappa shape index (κ3) is 2.50. The minimum atomic E-state index is 0.0265. The highest BCUT2D eigenvalue weighted by molar-refractivity contribution is 5.74. The Bertz CT molecular complexity index is 154. The van der Waals surface area contributed by atoms with Crippen molar-refractivity contribution in [3.63, 3.8) is 0 Å². The van der Waals surface area contributed by atoms with Crippen molar-refractivity contribution in [2.45, 2.75) is 52.1 Å². The maximum Gasteiger partial charge on any atom is 0.309 e. The number of esters is 1. The van der Waals surface area contributed by atoms with Crippen LogP contribution in [0.1, 0.15) is 46.0 Å². The van der Waals surface area contributed by atoms with E-state index in [0.29, 0.717) is 0 Å². The molecule has 1 aliphatic heterocycles. The summed E-state index contributed by atoms with van der Waals surface area (Å²) in [6.45, 7) is 4.15. The molecule has 1 fully saturated rings. The van der Waals surface area contributed by atoms with Crippen molar-refractivity contribution in [2.75, 3.05) is 0 Å². The van der Waals surface area contributed by atoms with Gasteiger partial charge in [0.2, 0.25) is 0 Å². The summed E-state index contributed by atoms with van der Waals surface area (Å²) in [5.41, 5.74) is 0. The van der Waals surface area contributed by atoms with Gasteiger partial charge in [-0.15, -0.1) is 0 Å². The van der Waals surface area contributed by atoms with Gasteiger partial charge in [0.15, 0.2) is 0 Å². The van der Waals surface area contributed by atoms with Gasteiger partial charge in [-0.1, -0.05) is 26.2 Å². The molecule has 0 aromatic carbocycles. The summed E-state index contributed by atoms with van der Waals surface area (Å²) in [6.07, 6.45) is 5.74. The predicted octanol–water partition coefficient (Wildman–Crippen LogP) is 2.52. The molecule has 12 heavy (non-hydrogen) atoms. The SMILES string of the molecule is CCCCC[C@@H]1CC(C)OC1=O. The van der Waals surface area contributed by atoms with Crippen LogP contribution in [0.4, 0.5) is 0 Å². The summed E-state index contributed by atoms with van der Waals surface area (Å²) in [7, 11) is 0. The van der Waals surface area contributed by atoms with E-state index in [0.717, 1.165) is 12.8 Å². The molecule has 0 radical (unpaired) electrons. The number of hydrogen-bond acceptors (Lipinski definition) is 2. The number of unbranched alkanes of at least 4 members (excludes halogenated alkanes) is 2. The molecule has 70 valence electrons. The molecular formula is C10H18O2. The van der Waals surface area contributed by atoms with Gasteiger partial charge in [0.25, 0.3) is 0 Å². The summed E-state index contributed by atoms with van der Waals surface area (Å²) >= 11 is 0. The van der Waals surface area contributed by atoms with Gasteiger partial charge in [-0.05, 0) is 19.8 Å². The highest BCUT2D eigenvalue weighted by Crippen LogP contribution is 2.25. The average molecular weight is 170 g/mol. The molecule has 0 aliphatic carbocycles. The van der Waals surface area contributed by atoms with Crippen LogP contribution < -0.4 is 0 Å². The molecule has 0 spiro atoms. The summed E-state index contributed by atoms with van der Waals surface area (Å²) in [5, 5.41) is 0. The summed E-state index contributed by atoms with van der Waals surface area (Å²) in [5.74, 6) is 0.227. The predicted molar refractivity (Wildman–Crippen MR) is 47.8 cm³/mol. The highest BCUT2D eigenvalue weighted by atomic mass is 16.5. The van der Waals surface area contributed by atoms with Gasteiger partial charge in [0.05, 0.1) is 12.0 Å². The molecule has 0 amide bonds. The van der Waals surface area contributed by atoms with Crippen LogP contribution in [0.2, 0.25) is 0 Å². The van der Waals surface area contributed by atoms with E-state index in [9.17, 15) is 4.79 Å². The van der Waals surface area contributed by atoms with Crippen molar-refractivity contribution >= 4 is 5.97 Å². The number of hydrogen-bond donors (Lipinski definition) is 0. The Morgan fingerprint density at radius 1 is 1.50 bits per heavy atom. The van der Waals surface area contributed by atoms with E-state index < -0.39 is 0 Å². The van der Waals surface area contributed by atoms with Gasteiger partial charge >= 0.3 is 5.97 Å². The lowest BCUT2D eigenvalue weighted by molar-refractivity contribution is -0.143. The largest absolute Gasteiger partial charge is 0.462 e. The van der Waals surface area contributed by atoms with Crippen LogP contribution >= 0.6 is 0 Å². The van der Waals surface area contributed by atoms with E-state index >= 15 is 0 Å². The molecule has 1 unspecified atom stereocenters. The molecule has 1 rings (SSSR count). The van der Waals surface area contributed by atoms with Crippen LogP contribution in [0.5, 0.6) is 0 Å². The third-order valence-corrected chi connectivity index (χ3v) is 2.42. The second-order valence-corrected chi connectivity index (χ2v) is 3.68. The average Bonchev–Trinajstić information content (AvgIpc) is 2.31. The minimum Gasteiger partial charge on any atom is -0.462 e. The van der Waals surface area contributed by atoms with Gasteiger partial charge in [0, 0.05) is 0 Å². The van der Waals surface area contributed by atoms with E-state index in [1.54, 1.807) is 0 Å². The zero-order chi connectivity index (χ0) is 8.97. The van der Waals surface area contributed by atoms with Crippen molar-refractivity contribution in [1.29, 1.82) is 0 Å². The molecule has 0 aromatic heterocycles. The topological polar surface area (TPSA) is 26.3 Å². The zero-order valence-electron chi connectivity index (χ0n) is 8.01. The fourth-order valence-corrected chi connectivity index (χ4v) is 1.72. The van der Waals surface area contributed by atoms with Gasteiger partial charge in [0.1, 0.15) is 0 Å². The number of carbonyl (C=O) groups is 1. The molecule has 0 N–H and O–H groups in total. The maximum absolute atomic E-state index is 11.2. The third-order valence-electron chi connectivity index (χ3n) is 2.42. The number of cyclic esters (lactones) is 1. The molecule has 1 aliphatic rings. The Hall–Kier alpha value is -0.530. The van der Waals surface area contributed by atoms with Crippen molar-refractivity contribution in [3.8, 4) is 0 Å². The van der Waals surface area contributed by atoms with E-state index in [1.165, 1.54) is 19.3 Å². The number of carbonyl (C=O) groups excluding carboxylic acids is 1. The van der Waals surface area contributed by atoms with Crippen LogP contribution in [-0.2, 0) is 9.53 Å². The Kier molecular flexibility index (Phi) is 3.57. The van der Waals surface area contributed by atoms with Gasteiger partial charge in [-0.25, -0.2) is 0 Å². The first kappa shape index (κ1) is 9.56. The van der Waals surface area contributed by atoms with Crippen molar-refractivity contribution in [3.05, 3.63) is 0 Å². The fraction of sp³-hybridized carbons (Fsp3) is 0.900. The van der Waals surface area contributed by atoms with Gasteiger partial charge in [-0.3, -0.25) is 4.79 Å². The Morgan fingerprint density at radius 2 is 2.25 bits per heavy atom. The van der Waals surface area contributed by atoms with Crippen LogP contribution in [0, 0.1) is 5.92 Å². The van der Waals surface area contributed by atoms with Crippen LogP contribution in [0.25, 0.3) is 0 Å². The second kappa shape index (κ2) is 4.48. The van der Waals surface area contributed by atoms with Crippen LogP contribution in [0.15, 0.2) is 0 Å². The highest BCUT2D eigenvalue weighted by Gasteiger charge is 2.30. The Morgan fingerprint density at radius 3 is 2.75 bits per heavy atom. The molecular weight excluding hydrogens is 152 g/mol. The number of ether oxygens (including phenoxy) is 1. The van der Waals surface area contributed by atoms with Crippen molar-refractivity contribution < 1.29 is 9.53 Å². The van der Waals surface area contributed by atoms with E-state index in [4.69, 9.17) is 4.74 Å². The molecule has 1 heterocycles. The molecule has 0 bridgehead atoms. The van der Waals surface area contributed by atoms with E-state index in [1.807, 2.05) is 6.92 Å². The Balaban J connectivity index is 2.19. The summed E-state index contributed by atoms with van der Waals surface area (Å²) in [4.78, 5) is 11.2. The van der Waals surface area contributed by atoms with Gasteiger partial charge < -0.3 is 4.74 Å². The lowest BCUT2D eigenvalue weighted by Gasteiger charge is -2.02. The second-order valence-electron chi connectivity index (χ2n) is 3.68. The summed E-state index contributed by atoms with van der Waals surface area (Å²) in [6, 6.07) is 0. The van der Waals surface area contributed by atoms with E-state index in [2.05, 4.69) is 6.92 Å². The molecule has 2 nitrogen and oxygen atoms in total. The van der Waals surface area contributed by atoms with Crippen molar-refractivity contribution in [2.24, 2.45) is 5.92 Å². The molecule has 1 saturated heterocycles. The standard InChI is InChI=1S/C10H18O2/c1-3-4-5-6-9-7-8(2)12-10(9)11/h8-9H,3-7H2,1-2H3/t8?,9-/m1/s1. The molecule has 0 saturated carbocycles. The van der Waals surface area contributed by atoms with Crippen molar-refractivity contribution in [1.82, 2.24) is 0 Å². The van der Waals surface area contributed by atoms with Crippen LogP contribution in [-0.4, -0.2) is 12.1 Å². The molecule has 0 aromatic rings. The number of rotatable bonds is 4. The van der Waals surface area contributed by atoms with Gasteiger partial charge in [-0.2, -0.15) is 0 Å². The monoisotopic (exact) mass is 170 g/mol. The first-order valence-corrected chi connectivity index (χ1v) is 4.94. The Labute approximate surface area is 74.3 Å². The zero-order valence-corrected chi connectivity index (χ0v) is 8.01. The molecule has 2 atom stereocenters. The lowest BCUT2D eigenvalue weighted by Crippen LogP contribution is -2.06.